The van der Waals surface area contributed by atoms with Crippen LogP contribution in [-0.4, -0.2) is 24.9 Å². The summed E-state index contributed by atoms with van der Waals surface area (Å²) in [6, 6.07) is 7.85. The minimum absolute atomic E-state index is 0.00662. The third kappa shape index (κ3) is 6.76. The fraction of sp³-hybridized carbons (Fsp3) is 0.500. The summed E-state index contributed by atoms with van der Waals surface area (Å²) in [7, 11) is 0. The number of carbonyl (C=O) groups is 2. The molecule has 2 N–H and O–H groups in total. The average Bonchev–Trinajstić information content (AvgIpc) is 2.40. The Morgan fingerprint density at radius 1 is 1.19 bits per heavy atom. The first-order valence-corrected chi connectivity index (χ1v) is 7.97. The normalized spacial score (nSPS) is 12.0. The lowest BCUT2D eigenvalue weighted by Gasteiger charge is -2.19. The Hall–Kier alpha value is -1.36. The number of amides is 2. The van der Waals surface area contributed by atoms with Crippen molar-refractivity contribution in [2.24, 2.45) is 5.92 Å². The minimum Gasteiger partial charge on any atom is -0.355 e. The first kappa shape index (κ1) is 17.7. The number of benzene rings is 1. The number of nitrogens with one attached hydrogen (secondary N) is 2. The van der Waals surface area contributed by atoms with E-state index in [2.05, 4.69) is 40.4 Å². The van der Waals surface area contributed by atoms with Gasteiger partial charge in [-0.05, 0) is 30.0 Å². The fourth-order valence-electron chi connectivity index (χ4n) is 2.14. The molecule has 1 unspecified atom stereocenters. The SMILES string of the molecule is CC(=O)NCCNC(=O)C(CC(C)C)c1cccc(Br)c1. The second kappa shape index (κ2) is 8.82. The molecular weight excluding hydrogens is 332 g/mol. The molecule has 0 saturated heterocycles. The van der Waals surface area contributed by atoms with E-state index in [9.17, 15) is 9.59 Å². The largest absolute Gasteiger partial charge is 0.355 e. The summed E-state index contributed by atoms with van der Waals surface area (Å²) in [6.07, 6.45) is 0.794. The van der Waals surface area contributed by atoms with Gasteiger partial charge in [-0.15, -0.1) is 0 Å². The van der Waals surface area contributed by atoms with Gasteiger partial charge in [-0.3, -0.25) is 9.59 Å². The molecule has 0 saturated carbocycles. The molecule has 1 aromatic rings. The molecule has 2 amide bonds. The number of halogens is 1. The zero-order valence-corrected chi connectivity index (χ0v) is 14.4. The van der Waals surface area contributed by atoms with Crippen LogP contribution in [0.2, 0.25) is 0 Å². The van der Waals surface area contributed by atoms with Crippen LogP contribution in [0.25, 0.3) is 0 Å². The smallest absolute Gasteiger partial charge is 0.227 e. The van der Waals surface area contributed by atoms with Gasteiger partial charge >= 0.3 is 0 Å². The monoisotopic (exact) mass is 354 g/mol. The average molecular weight is 355 g/mol. The van der Waals surface area contributed by atoms with E-state index in [0.717, 1.165) is 16.5 Å². The van der Waals surface area contributed by atoms with Gasteiger partial charge in [0, 0.05) is 24.5 Å². The summed E-state index contributed by atoms with van der Waals surface area (Å²) in [5.41, 5.74) is 1.01. The topological polar surface area (TPSA) is 58.2 Å². The maximum Gasteiger partial charge on any atom is 0.227 e. The van der Waals surface area contributed by atoms with Crippen molar-refractivity contribution < 1.29 is 9.59 Å². The maximum atomic E-state index is 12.4. The highest BCUT2D eigenvalue weighted by atomic mass is 79.9. The van der Waals surface area contributed by atoms with Crippen molar-refractivity contribution in [2.75, 3.05) is 13.1 Å². The van der Waals surface area contributed by atoms with E-state index in [1.807, 2.05) is 24.3 Å². The molecule has 21 heavy (non-hydrogen) atoms. The van der Waals surface area contributed by atoms with Crippen LogP contribution in [0.15, 0.2) is 28.7 Å². The van der Waals surface area contributed by atoms with Crippen LogP contribution in [0.5, 0.6) is 0 Å². The Kier molecular flexibility index (Phi) is 7.43. The molecule has 0 aromatic heterocycles. The summed E-state index contributed by atoms with van der Waals surface area (Å²) in [5, 5.41) is 5.56. The van der Waals surface area contributed by atoms with Crippen molar-refractivity contribution in [3.05, 3.63) is 34.3 Å². The van der Waals surface area contributed by atoms with Gasteiger partial charge < -0.3 is 10.6 Å². The lowest BCUT2D eigenvalue weighted by atomic mass is 9.89. The fourth-order valence-corrected chi connectivity index (χ4v) is 2.55. The lowest BCUT2D eigenvalue weighted by Crippen LogP contribution is -2.36. The van der Waals surface area contributed by atoms with E-state index in [-0.39, 0.29) is 17.7 Å². The van der Waals surface area contributed by atoms with Crippen LogP contribution in [0, 0.1) is 5.92 Å². The standard InChI is InChI=1S/C16H23BrN2O2/c1-11(2)9-15(13-5-4-6-14(17)10-13)16(21)19-8-7-18-12(3)20/h4-6,10-11,15H,7-9H2,1-3H3,(H,18,20)(H,19,21). The molecule has 0 aliphatic rings. The van der Waals surface area contributed by atoms with Gasteiger partial charge in [0.2, 0.25) is 11.8 Å². The summed E-state index contributed by atoms with van der Waals surface area (Å²) in [6.45, 7) is 6.57. The van der Waals surface area contributed by atoms with Crippen LogP contribution in [-0.2, 0) is 9.59 Å². The van der Waals surface area contributed by atoms with Crippen LogP contribution >= 0.6 is 15.9 Å². The molecule has 0 spiro atoms. The lowest BCUT2D eigenvalue weighted by molar-refractivity contribution is -0.123. The third-order valence-corrected chi connectivity index (χ3v) is 3.57. The molecule has 1 rings (SSSR count). The molecule has 1 atom stereocenters. The van der Waals surface area contributed by atoms with Gasteiger partial charge in [-0.25, -0.2) is 0 Å². The zero-order valence-electron chi connectivity index (χ0n) is 12.8. The second-order valence-electron chi connectivity index (χ2n) is 5.51. The molecule has 0 aliphatic heterocycles. The molecule has 116 valence electrons. The van der Waals surface area contributed by atoms with Crippen molar-refractivity contribution in [3.63, 3.8) is 0 Å². The van der Waals surface area contributed by atoms with Gasteiger partial charge in [-0.2, -0.15) is 0 Å². The Morgan fingerprint density at radius 3 is 2.43 bits per heavy atom. The molecule has 4 nitrogen and oxygen atoms in total. The maximum absolute atomic E-state index is 12.4. The highest BCUT2D eigenvalue weighted by molar-refractivity contribution is 9.10. The number of hydrogen-bond acceptors (Lipinski definition) is 2. The predicted octanol–water partition coefficient (Wildman–Crippen LogP) is 2.83. The number of hydrogen-bond donors (Lipinski definition) is 2. The van der Waals surface area contributed by atoms with Crippen LogP contribution < -0.4 is 10.6 Å². The first-order valence-electron chi connectivity index (χ1n) is 7.17. The highest BCUT2D eigenvalue weighted by Crippen LogP contribution is 2.26. The van der Waals surface area contributed by atoms with Gasteiger partial charge in [0.05, 0.1) is 5.92 Å². The molecule has 0 bridgehead atoms. The van der Waals surface area contributed by atoms with Crippen molar-refractivity contribution >= 4 is 27.7 Å². The predicted molar refractivity (Wildman–Crippen MR) is 88.0 cm³/mol. The Morgan fingerprint density at radius 2 is 1.86 bits per heavy atom. The number of rotatable bonds is 7. The summed E-state index contributed by atoms with van der Waals surface area (Å²) < 4.78 is 0.972. The minimum atomic E-state index is -0.167. The summed E-state index contributed by atoms with van der Waals surface area (Å²) in [4.78, 5) is 23.2. The van der Waals surface area contributed by atoms with Gasteiger partial charge in [0.1, 0.15) is 0 Å². The zero-order chi connectivity index (χ0) is 15.8. The van der Waals surface area contributed by atoms with Crippen molar-refractivity contribution in [2.45, 2.75) is 33.1 Å². The van der Waals surface area contributed by atoms with Crippen molar-refractivity contribution in [1.82, 2.24) is 10.6 Å². The van der Waals surface area contributed by atoms with Crippen LogP contribution in [0.3, 0.4) is 0 Å². The van der Waals surface area contributed by atoms with Gasteiger partial charge in [0.25, 0.3) is 0 Å². The molecule has 1 aromatic carbocycles. The number of carbonyl (C=O) groups excluding carboxylic acids is 2. The Labute approximate surface area is 134 Å². The summed E-state index contributed by atoms with van der Waals surface area (Å²) >= 11 is 3.45. The van der Waals surface area contributed by atoms with E-state index in [4.69, 9.17) is 0 Å². The molecule has 0 fully saturated rings. The Balaban J connectivity index is 2.68. The quantitative estimate of drug-likeness (QED) is 0.739. The second-order valence-corrected chi connectivity index (χ2v) is 6.43. The Bertz CT molecular complexity index is 489. The van der Waals surface area contributed by atoms with Crippen LogP contribution in [0.1, 0.15) is 38.7 Å². The van der Waals surface area contributed by atoms with Crippen molar-refractivity contribution in [1.29, 1.82) is 0 Å². The molecular formula is C16H23BrN2O2. The van der Waals surface area contributed by atoms with E-state index in [1.54, 1.807) is 0 Å². The highest BCUT2D eigenvalue weighted by Gasteiger charge is 2.21. The van der Waals surface area contributed by atoms with Gasteiger partial charge in [-0.1, -0.05) is 41.9 Å². The molecule has 0 aliphatic carbocycles. The van der Waals surface area contributed by atoms with E-state index in [0.29, 0.717) is 19.0 Å². The van der Waals surface area contributed by atoms with Gasteiger partial charge in [0.15, 0.2) is 0 Å². The van der Waals surface area contributed by atoms with E-state index >= 15 is 0 Å². The first-order chi connectivity index (χ1) is 9.90. The van der Waals surface area contributed by atoms with E-state index < -0.39 is 0 Å². The summed E-state index contributed by atoms with van der Waals surface area (Å²) in [5.74, 6) is 0.178. The third-order valence-electron chi connectivity index (χ3n) is 3.07. The van der Waals surface area contributed by atoms with Crippen molar-refractivity contribution in [3.8, 4) is 0 Å². The van der Waals surface area contributed by atoms with E-state index in [1.165, 1.54) is 6.92 Å². The molecule has 0 heterocycles. The molecule has 5 heteroatoms. The molecule has 0 radical (unpaired) electrons. The van der Waals surface area contributed by atoms with Crippen LogP contribution in [0.4, 0.5) is 0 Å².